The third kappa shape index (κ3) is 4.96. The summed E-state index contributed by atoms with van der Waals surface area (Å²) in [7, 11) is 3.19. The number of halogens is 1. The molecular formula is C21H23BrN4O5. The van der Waals surface area contributed by atoms with E-state index in [2.05, 4.69) is 25.9 Å². The topological polar surface area (TPSA) is 108 Å². The van der Waals surface area contributed by atoms with Gasteiger partial charge in [-0.15, -0.1) is 0 Å². The highest BCUT2D eigenvalue weighted by Crippen LogP contribution is 2.24. The molecule has 3 rings (SSSR count). The fourth-order valence-electron chi connectivity index (χ4n) is 3.12. The number of H-pyrrole nitrogens is 1. The number of carbonyl (C=O) groups is 1. The summed E-state index contributed by atoms with van der Waals surface area (Å²) < 4.78 is 14.4. The van der Waals surface area contributed by atoms with Gasteiger partial charge in [-0.2, -0.15) is 0 Å². The summed E-state index contributed by atoms with van der Waals surface area (Å²) in [5.74, 6) is 0.399. The molecule has 0 bridgehead atoms. The van der Waals surface area contributed by atoms with Gasteiger partial charge in [-0.05, 0) is 30.7 Å². The van der Waals surface area contributed by atoms with Gasteiger partial charge < -0.3 is 14.0 Å². The zero-order valence-electron chi connectivity index (χ0n) is 17.5. The number of hydrogen-bond donors (Lipinski definition) is 1. The summed E-state index contributed by atoms with van der Waals surface area (Å²) in [6.07, 6.45) is 4.54. The van der Waals surface area contributed by atoms with Crippen LogP contribution in [0.3, 0.4) is 0 Å². The van der Waals surface area contributed by atoms with Crippen molar-refractivity contribution in [2.45, 2.75) is 32.9 Å². The van der Waals surface area contributed by atoms with E-state index in [1.165, 1.54) is 15.2 Å². The summed E-state index contributed by atoms with van der Waals surface area (Å²) in [4.78, 5) is 43.4. The molecule has 9 nitrogen and oxygen atoms in total. The van der Waals surface area contributed by atoms with Crippen molar-refractivity contribution in [2.75, 3.05) is 7.11 Å². The Morgan fingerprint density at radius 2 is 2.10 bits per heavy atom. The molecule has 2 aromatic heterocycles. The molecule has 0 radical (unpaired) electrons. The van der Waals surface area contributed by atoms with Crippen LogP contribution in [0.1, 0.15) is 31.2 Å². The van der Waals surface area contributed by atoms with Gasteiger partial charge >= 0.3 is 11.7 Å². The minimum Gasteiger partial charge on any atom is -0.496 e. The molecule has 0 aliphatic heterocycles. The smallest absolute Gasteiger partial charge is 0.331 e. The average molecular weight is 491 g/mol. The predicted molar refractivity (Wildman–Crippen MR) is 120 cm³/mol. The zero-order chi connectivity index (χ0) is 22.5. The van der Waals surface area contributed by atoms with Gasteiger partial charge in [0.25, 0.3) is 5.56 Å². The van der Waals surface area contributed by atoms with E-state index in [4.69, 9.17) is 9.47 Å². The Hall–Kier alpha value is -3.14. The van der Waals surface area contributed by atoms with Crippen LogP contribution in [-0.2, 0) is 29.7 Å². The number of nitrogens with zero attached hydrogens (tertiary/aromatic N) is 3. The van der Waals surface area contributed by atoms with Crippen LogP contribution in [0.2, 0.25) is 0 Å². The van der Waals surface area contributed by atoms with Gasteiger partial charge in [0.05, 0.1) is 7.11 Å². The molecule has 0 aliphatic carbocycles. The van der Waals surface area contributed by atoms with Crippen molar-refractivity contribution < 1.29 is 14.3 Å². The Morgan fingerprint density at radius 1 is 1.32 bits per heavy atom. The zero-order valence-corrected chi connectivity index (χ0v) is 19.1. The highest BCUT2D eigenvalue weighted by Gasteiger charge is 2.17. The van der Waals surface area contributed by atoms with E-state index in [1.54, 1.807) is 26.3 Å². The molecule has 3 aromatic rings. The van der Waals surface area contributed by atoms with Gasteiger partial charge in [-0.25, -0.2) is 14.6 Å². The lowest BCUT2D eigenvalue weighted by Crippen LogP contribution is -2.31. The van der Waals surface area contributed by atoms with E-state index in [1.807, 2.05) is 19.1 Å². The molecule has 0 amide bonds. The molecule has 0 spiro atoms. The Morgan fingerprint density at radius 3 is 2.81 bits per heavy atom. The molecule has 0 fully saturated rings. The number of benzene rings is 1. The first-order valence-electron chi connectivity index (χ1n) is 9.72. The maximum Gasteiger partial charge on any atom is 0.331 e. The third-order valence-electron chi connectivity index (χ3n) is 4.78. The van der Waals surface area contributed by atoms with Crippen LogP contribution in [0.4, 0.5) is 0 Å². The first-order chi connectivity index (χ1) is 14.8. The number of nitrogens with one attached hydrogen (secondary N) is 1. The normalized spacial score (nSPS) is 11.4. The number of aromatic amines is 1. The second-order valence-electron chi connectivity index (χ2n) is 6.85. The molecule has 0 unspecified atom stereocenters. The lowest BCUT2D eigenvalue weighted by atomic mass is 10.2. The van der Waals surface area contributed by atoms with Crippen molar-refractivity contribution in [2.24, 2.45) is 7.05 Å². The highest BCUT2D eigenvalue weighted by atomic mass is 79.9. The van der Waals surface area contributed by atoms with Crippen molar-refractivity contribution in [3.05, 3.63) is 61.0 Å². The minimum atomic E-state index is -0.577. The first kappa shape index (κ1) is 22.5. The van der Waals surface area contributed by atoms with Crippen LogP contribution in [0, 0.1) is 0 Å². The van der Waals surface area contributed by atoms with Crippen LogP contribution < -0.4 is 16.0 Å². The second-order valence-corrected chi connectivity index (χ2v) is 7.77. The minimum absolute atomic E-state index is 0.147. The molecule has 31 heavy (non-hydrogen) atoms. The molecule has 1 aromatic carbocycles. The number of ether oxygens (including phenoxy) is 2. The largest absolute Gasteiger partial charge is 0.496 e. The Labute approximate surface area is 186 Å². The number of aryl methyl sites for hydroxylation is 2. The quantitative estimate of drug-likeness (QED) is 0.384. The number of imidazole rings is 1. The van der Waals surface area contributed by atoms with Gasteiger partial charge in [0.1, 0.15) is 18.2 Å². The molecule has 2 heterocycles. The van der Waals surface area contributed by atoms with E-state index in [-0.39, 0.29) is 17.8 Å². The maximum atomic E-state index is 12.3. The van der Waals surface area contributed by atoms with Crippen LogP contribution >= 0.6 is 15.9 Å². The Bertz CT molecular complexity index is 1260. The number of methoxy groups -OCH3 is 1. The number of unbranched alkanes of at least 4 members (excludes halogenated alkanes) is 1. The fourth-order valence-corrected chi connectivity index (χ4v) is 3.50. The van der Waals surface area contributed by atoms with Crippen molar-refractivity contribution >= 4 is 39.1 Å². The Balaban J connectivity index is 1.81. The predicted octanol–water partition coefficient (Wildman–Crippen LogP) is 2.75. The van der Waals surface area contributed by atoms with Crippen molar-refractivity contribution in [1.29, 1.82) is 0 Å². The molecule has 10 heteroatoms. The number of aromatic nitrogens is 4. The number of hydrogen-bond acceptors (Lipinski definition) is 6. The lowest BCUT2D eigenvalue weighted by molar-refractivity contribution is -0.139. The summed E-state index contributed by atoms with van der Waals surface area (Å²) in [5.41, 5.74) is 0.227. The van der Waals surface area contributed by atoms with E-state index >= 15 is 0 Å². The number of fused-ring (bicyclic) bond motifs is 1. The first-order valence-corrected chi connectivity index (χ1v) is 10.5. The van der Waals surface area contributed by atoms with Crippen molar-refractivity contribution in [3.8, 4) is 5.75 Å². The Kier molecular flexibility index (Phi) is 7.11. The summed E-state index contributed by atoms with van der Waals surface area (Å²) >= 11 is 3.38. The fraction of sp³-hybridized carbons (Fsp3) is 0.333. The van der Waals surface area contributed by atoms with E-state index in [0.717, 1.165) is 17.3 Å². The van der Waals surface area contributed by atoms with Crippen molar-refractivity contribution in [1.82, 2.24) is 19.1 Å². The molecular weight excluding hydrogens is 468 g/mol. The molecule has 164 valence electrons. The second kappa shape index (κ2) is 9.78. The maximum absolute atomic E-state index is 12.3. The molecule has 0 aliphatic rings. The van der Waals surface area contributed by atoms with Crippen LogP contribution in [-0.4, -0.2) is 32.2 Å². The average Bonchev–Trinajstić information content (AvgIpc) is 3.07. The van der Waals surface area contributed by atoms with Gasteiger partial charge in [-0.3, -0.25) is 14.3 Å². The van der Waals surface area contributed by atoms with Gasteiger partial charge in [0.2, 0.25) is 0 Å². The lowest BCUT2D eigenvalue weighted by Gasteiger charge is -2.05. The van der Waals surface area contributed by atoms with Gasteiger partial charge in [0, 0.05) is 29.7 Å². The van der Waals surface area contributed by atoms with Crippen LogP contribution in [0.5, 0.6) is 5.75 Å². The van der Waals surface area contributed by atoms with Crippen LogP contribution in [0.15, 0.2) is 38.3 Å². The monoisotopic (exact) mass is 490 g/mol. The summed E-state index contributed by atoms with van der Waals surface area (Å²) in [6, 6.07) is 5.43. The molecule has 1 N–H and O–H groups in total. The van der Waals surface area contributed by atoms with E-state index in [0.29, 0.717) is 23.7 Å². The standard InChI is InChI=1S/C21H23BrN4O5/c1-4-5-10-26-19-18(20(28)24-21(26)29)25(2)16(23-19)12-31-17(27)9-6-13-11-14(22)7-8-15(13)30-3/h6-9,11H,4-5,10,12H2,1-3H3,(H,24,28,29). The van der Waals surface area contributed by atoms with Gasteiger partial charge in [-0.1, -0.05) is 29.3 Å². The molecule has 0 saturated carbocycles. The molecule has 0 atom stereocenters. The SMILES string of the molecule is CCCCn1c(=O)[nH]c(=O)c2c1nc(COC(=O)C=Cc1cc(Br)ccc1OC)n2C. The number of esters is 1. The highest BCUT2D eigenvalue weighted by molar-refractivity contribution is 9.10. The van der Waals surface area contributed by atoms with E-state index < -0.39 is 17.2 Å². The van der Waals surface area contributed by atoms with Crippen LogP contribution in [0.25, 0.3) is 17.2 Å². The van der Waals surface area contributed by atoms with Gasteiger partial charge in [0.15, 0.2) is 11.2 Å². The number of carbonyl (C=O) groups excluding carboxylic acids is 1. The number of rotatable bonds is 8. The summed E-state index contributed by atoms with van der Waals surface area (Å²) in [5, 5.41) is 0. The third-order valence-corrected chi connectivity index (χ3v) is 5.27. The molecule has 0 saturated heterocycles. The van der Waals surface area contributed by atoms with E-state index in [9.17, 15) is 14.4 Å². The summed E-state index contributed by atoms with van der Waals surface area (Å²) in [6.45, 7) is 2.30. The van der Waals surface area contributed by atoms with Crippen molar-refractivity contribution in [3.63, 3.8) is 0 Å².